The number of rotatable bonds is 6. The van der Waals surface area contributed by atoms with Crippen LogP contribution in [0.2, 0.25) is 5.02 Å². The predicted octanol–water partition coefficient (Wildman–Crippen LogP) is 3.20. The molecule has 0 aromatic heterocycles. The summed E-state index contributed by atoms with van der Waals surface area (Å²) < 4.78 is 36.6. The van der Waals surface area contributed by atoms with Gasteiger partial charge in [-0.15, -0.1) is 0 Å². The van der Waals surface area contributed by atoms with Gasteiger partial charge in [-0.2, -0.15) is 0 Å². The highest BCUT2D eigenvalue weighted by atomic mass is 35.5. The molecule has 6 heteroatoms. The number of halogens is 2. The second-order valence-electron chi connectivity index (χ2n) is 5.55. The maximum absolute atomic E-state index is 14.0. The monoisotopic (exact) mass is 321 g/mol. The molecule has 0 fully saturated rings. The fraction of sp³-hybridized carbons (Fsp3) is 0.571. The average molecular weight is 322 g/mol. The SMILES string of the molecule is CC(C)[C@H](N[C@@H](C)CS(C)(=O)=O)c1ccc(Cl)cc1F. The quantitative estimate of drug-likeness (QED) is 0.875. The third kappa shape index (κ3) is 5.38. The standard InChI is InChI=1S/C14H21ClFNO2S/c1-9(2)14(17-10(3)8-20(4,18)19)12-6-5-11(15)7-13(12)16/h5-7,9-10,14,17H,8H2,1-4H3/t10-,14-/m0/s1. The molecule has 2 atom stereocenters. The van der Waals surface area contributed by atoms with Gasteiger partial charge in [0.25, 0.3) is 0 Å². The van der Waals surface area contributed by atoms with E-state index in [-0.39, 0.29) is 29.6 Å². The second kappa shape index (κ2) is 6.87. The summed E-state index contributed by atoms with van der Waals surface area (Å²) in [6, 6.07) is 4.03. The van der Waals surface area contributed by atoms with Gasteiger partial charge in [0.05, 0.1) is 5.75 Å². The smallest absolute Gasteiger partial charge is 0.148 e. The van der Waals surface area contributed by atoms with E-state index in [1.54, 1.807) is 19.1 Å². The molecule has 0 bridgehead atoms. The van der Waals surface area contributed by atoms with E-state index in [0.29, 0.717) is 10.6 Å². The van der Waals surface area contributed by atoms with Crippen LogP contribution in [0.3, 0.4) is 0 Å². The van der Waals surface area contributed by atoms with Crippen LogP contribution in [0.1, 0.15) is 32.4 Å². The molecule has 0 saturated heterocycles. The first-order valence-electron chi connectivity index (χ1n) is 6.49. The Hall–Kier alpha value is -0.650. The molecular weight excluding hydrogens is 301 g/mol. The molecule has 0 radical (unpaired) electrons. The minimum Gasteiger partial charge on any atom is -0.306 e. The van der Waals surface area contributed by atoms with Gasteiger partial charge in [0.2, 0.25) is 0 Å². The highest BCUT2D eigenvalue weighted by Gasteiger charge is 2.22. The van der Waals surface area contributed by atoms with Gasteiger partial charge in [-0.3, -0.25) is 0 Å². The highest BCUT2D eigenvalue weighted by Crippen LogP contribution is 2.26. The first-order valence-corrected chi connectivity index (χ1v) is 8.92. The Morgan fingerprint density at radius 3 is 2.35 bits per heavy atom. The molecule has 1 aromatic carbocycles. The van der Waals surface area contributed by atoms with Gasteiger partial charge < -0.3 is 5.32 Å². The van der Waals surface area contributed by atoms with E-state index in [0.717, 1.165) is 0 Å². The van der Waals surface area contributed by atoms with Crippen LogP contribution in [0.25, 0.3) is 0 Å². The third-order valence-electron chi connectivity index (χ3n) is 2.98. The van der Waals surface area contributed by atoms with Crippen LogP contribution in [0.4, 0.5) is 4.39 Å². The van der Waals surface area contributed by atoms with Crippen LogP contribution in [0.15, 0.2) is 18.2 Å². The van der Waals surface area contributed by atoms with Crippen molar-refractivity contribution in [3.63, 3.8) is 0 Å². The van der Waals surface area contributed by atoms with Crippen molar-refractivity contribution in [1.82, 2.24) is 5.32 Å². The van der Waals surface area contributed by atoms with Gasteiger partial charge in [-0.1, -0.05) is 31.5 Å². The zero-order valence-corrected chi connectivity index (χ0v) is 13.7. The molecule has 1 rings (SSSR count). The summed E-state index contributed by atoms with van der Waals surface area (Å²) in [5.41, 5.74) is 0.504. The van der Waals surface area contributed by atoms with Gasteiger partial charge in [0.1, 0.15) is 15.7 Å². The van der Waals surface area contributed by atoms with Crippen molar-refractivity contribution in [2.45, 2.75) is 32.9 Å². The van der Waals surface area contributed by atoms with E-state index in [2.05, 4.69) is 5.32 Å². The lowest BCUT2D eigenvalue weighted by molar-refractivity contribution is 0.370. The third-order valence-corrected chi connectivity index (χ3v) is 4.32. The van der Waals surface area contributed by atoms with Crippen molar-refractivity contribution >= 4 is 21.4 Å². The first kappa shape index (κ1) is 17.4. The minimum atomic E-state index is -3.07. The first-order chi connectivity index (χ1) is 9.10. The van der Waals surface area contributed by atoms with Gasteiger partial charge >= 0.3 is 0 Å². The zero-order chi connectivity index (χ0) is 15.5. The summed E-state index contributed by atoms with van der Waals surface area (Å²) in [5.74, 6) is -0.242. The van der Waals surface area contributed by atoms with Crippen molar-refractivity contribution in [2.75, 3.05) is 12.0 Å². The molecule has 3 nitrogen and oxygen atoms in total. The summed E-state index contributed by atoms with van der Waals surface area (Å²) in [7, 11) is -3.07. The lowest BCUT2D eigenvalue weighted by atomic mass is 9.95. The van der Waals surface area contributed by atoms with Crippen LogP contribution in [-0.4, -0.2) is 26.5 Å². The van der Waals surface area contributed by atoms with Crippen molar-refractivity contribution in [1.29, 1.82) is 0 Å². The Kier molecular flexibility index (Phi) is 5.98. The van der Waals surface area contributed by atoms with E-state index < -0.39 is 9.84 Å². The predicted molar refractivity (Wildman–Crippen MR) is 81.3 cm³/mol. The Bertz CT molecular complexity index is 560. The van der Waals surface area contributed by atoms with Crippen LogP contribution in [0.5, 0.6) is 0 Å². The fourth-order valence-corrected chi connectivity index (χ4v) is 3.37. The maximum Gasteiger partial charge on any atom is 0.148 e. The maximum atomic E-state index is 14.0. The average Bonchev–Trinajstić information content (AvgIpc) is 2.23. The minimum absolute atomic E-state index is 0.0193. The highest BCUT2D eigenvalue weighted by molar-refractivity contribution is 7.90. The van der Waals surface area contributed by atoms with Crippen molar-refractivity contribution < 1.29 is 12.8 Å². The van der Waals surface area contributed by atoms with Crippen LogP contribution >= 0.6 is 11.6 Å². The van der Waals surface area contributed by atoms with Crippen LogP contribution in [-0.2, 0) is 9.84 Å². The van der Waals surface area contributed by atoms with E-state index in [1.165, 1.54) is 12.3 Å². The van der Waals surface area contributed by atoms with Crippen molar-refractivity contribution in [3.05, 3.63) is 34.6 Å². The van der Waals surface area contributed by atoms with Crippen LogP contribution in [0, 0.1) is 11.7 Å². The van der Waals surface area contributed by atoms with Gasteiger partial charge in [-0.25, -0.2) is 12.8 Å². The molecule has 0 saturated carbocycles. The lowest BCUT2D eigenvalue weighted by Gasteiger charge is -2.27. The van der Waals surface area contributed by atoms with Gasteiger partial charge in [0, 0.05) is 28.9 Å². The van der Waals surface area contributed by atoms with E-state index >= 15 is 0 Å². The number of sulfone groups is 1. The largest absolute Gasteiger partial charge is 0.306 e. The molecule has 0 spiro atoms. The molecule has 0 aliphatic rings. The van der Waals surface area contributed by atoms with E-state index in [9.17, 15) is 12.8 Å². The molecular formula is C14H21ClFNO2S. The molecule has 20 heavy (non-hydrogen) atoms. The Morgan fingerprint density at radius 2 is 1.90 bits per heavy atom. The number of benzene rings is 1. The number of hydrogen-bond donors (Lipinski definition) is 1. The Morgan fingerprint density at radius 1 is 1.30 bits per heavy atom. The van der Waals surface area contributed by atoms with E-state index in [1.807, 2.05) is 13.8 Å². The van der Waals surface area contributed by atoms with Gasteiger partial charge in [0.15, 0.2) is 0 Å². The fourth-order valence-electron chi connectivity index (χ4n) is 2.20. The summed E-state index contributed by atoms with van der Waals surface area (Å²) in [4.78, 5) is 0. The molecule has 0 heterocycles. The van der Waals surface area contributed by atoms with Gasteiger partial charge in [-0.05, 0) is 25.0 Å². The van der Waals surface area contributed by atoms with E-state index in [4.69, 9.17) is 11.6 Å². The molecule has 0 aliphatic heterocycles. The Balaban J connectivity index is 2.95. The van der Waals surface area contributed by atoms with Crippen LogP contribution < -0.4 is 5.32 Å². The topological polar surface area (TPSA) is 46.2 Å². The molecule has 1 N–H and O–H groups in total. The molecule has 1 aromatic rings. The molecule has 0 unspecified atom stereocenters. The lowest BCUT2D eigenvalue weighted by Crippen LogP contribution is -2.38. The summed E-state index contributed by atoms with van der Waals surface area (Å²) in [5, 5.41) is 3.53. The normalized spacial score (nSPS) is 15.3. The Labute approximate surface area is 125 Å². The van der Waals surface area contributed by atoms with Crippen molar-refractivity contribution in [3.8, 4) is 0 Å². The molecule has 0 amide bonds. The summed E-state index contributed by atoms with van der Waals surface area (Å²) in [6.45, 7) is 5.70. The zero-order valence-electron chi connectivity index (χ0n) is 12.2. The molecule has 114 valence electrons. The summed E-state index contributed by atoms with van der Waals surface area (Å²) in [6.07, 6.45) is 1.19. The number of hydrogen-bond acceptors (Lipinski definition) is 3. The second-order valence-corrected chi connectivity index (χ2v) is 8.17. The summed E-state index contributed by atoms with van der Waals surface area (Å²) >= 11 is 5.75. The molecule has 0 aliphatic carbocycles. The van der Waals surface area contributed by atoms with Crippen molar-refractivity contribution in [2.24, 2.45) is 5.92 Å². The number of nitrogens with one attached hydrogen (secondary N) is 1.